The van der Waals surface area contributed by atoms with Crippen LogP contribution in [-0.2, 0) is 0 Å². The molecule has 0 aliphatic rings. The number of aryl methyl sites for hydroxylation is 1. The summed E-state index contributed by atoms with van der Waals surface area (Å²) in [6.45, 7) is 1.94. The number of hydrogen-bond donors (Lipinski definition) is 1. The average molecular weight is 160 g/mol. The summed E-state index contributed by atoms with van der Waals surface area (Å²) >= 11 is 0. The zero-order chi connectivity index (χ0) is 8.55. The average Bonchev–Trinajstić information content (AvgIpc) is 2.07. The monoisotopic (exact) mass is 160 g/mol. The largest absolute Gasteiger partial charge is 0.287 e. The van der Waals surface area contributed by atoms with Crippen LogP contribution in [0.1, 0.15) is 5.56 Å². The molecule has 0 bridgehead atoms. The lowest BCUT2D eigenvalue weighted by Crippen LogP contribution is -2.03. The maximum atomic E-state index is 11.2. The van der Waals surface area contributed by atoms with Crippen LogP contribution in [0.2, 0.25) is 0 Å². The van der Waals surface area contributed by atoms with E-state index in [1.807, 2.05) is 19.1 Å². The van der Waals surface area contributed by atoms with E-state index in [1.54, 1.807) is 6.07 Å². The van der Waals surface area contributed by atoms with Crippen molar-refractivity contribution >= 4 is 10.9 Å². The SMILES string of the molecule is Cc1cccc2c(=O)cn[nH]c12. The van der Waals surface area contributed by atoms with Gasteiger partial charge in [-0.3, -0.25) is 9.89 Å². The van der Waals surface area contributed by atoms with Crippen molar-refractivity contribution in [3.8, 4) is 0 Å². The standard InChI is InChI=1S/C9H8N2O/c1-6-3-2-4-7-8(12)5-10-11-9(6)7/h2-5H,1H3,(H,11,12). The Morgan fingerprint density at radius 3 is 3.00 bits per heavy atom. The molecule has 0 saturated carbocycles. The summed E-state index contributed by atoms with van der Waals surface area (Å²) in [4.78, 5) is 11.2. The molecule has 0 unspecified atom stereocenters. The summed E-state index contributed by atoms with van der Waals surface area (Å²) in [6, 6.07) is 5.61. The van der Waals surface area contributed by atoms with Gasteiger partial charge in [-0.1, -0.05) is 12.1 Å². The predicted octanol–water partition coefficient (Wildman–Crippen LogP) is 1.23. The molecule has 2 rings (SSSR count). The van der Waals surface area contributed by atoms with Gasteiger partial charge in [0.2, 0.25) is 5.43 Å². The number of H-pyrrole nitrogens is 1. The molecule has 0 radical (unpaired) electrons. The fraction of sp³-hybridized carbons (Fsp3) is 0.111. The second-order valence-electron chi connectivity index (χ2n) is 2.73. The van der Waals surface area contributed by atoms with E-state index >= 15 is 0 Å². The Kier molecular flexibility index (Phi) is 1.43. The van der Waals surface area contributed by atoms with E-state index < -0.39 is 0 Å². The second kappa shape index (κ2) is 2.44. The highest BCUT2D eigenvalue weighted by molar-refractivity contribution is 5.80. The summed E-state index contributed by atoms with van der Waals surface area (Å²) in [5.74, 6) is 0. The summed E-state index contributed by atoms with van der Waals surface area (Å²) in [5, 5.41) is 7.24. The van der Waals surface area contributed by atoms with Crippen molar-refractivity contribution < 1.29 is 0 Å². The molecule has 1 heterocycles. The molecular weight excluding hydrogens is 152 g/mol. The second-order valence-corrected chi connectivity index (χ2v) is 2.73. The zero-order valence-electron chi connectivity index (χ0n) is 6.66. The fourth-order valence-corrected chi connectivity index (χ4v) is 1.25. The number of nitrogens with one attached hydrogen (secondary N) is 1. The molecule has 60 valence electrons. The Morgan fingerprint density at radius 1 is 1.42 bits per heavy atom. The van der Waals surface area contributed by atoms with Gasteiger partial charge in [0.1, 0.15) is 0 Å². The van der Waals surface area contributed by atoms with Crippen LogP contribution in [0.5, 0.6) is 0 Å². The summed E-state index contributed by atoms with van der Waals surface area (Å²) < 4.78 is 0. The van der Waals surface area contributed by atoms with Gasteiger partial charge in [-0.15, -0.1) is 0 Å². The molecule has 0 aliphatic heterocycles. The Bertz CT molecular complexity index is 473. The Balaban J connectivity index is 3.05. The van der Waals surface area contributed by atoms with Crippen molar-refractivity contribution in [1.82, 2.24) is 10.2 Å². The highest BCUT2D eigenvalue weighted by Gasteiger charge is 1.98. The molecule has 0 atom stereocenters. The van der Waals surface area contributed by atoms with Gasteiger partial charge in [0, 0.05) is 5.39 Å². The number of hydrogen-bond acceptors (Lipinski definition) is 2. The number of aromatic amines is 1. The van der Waals surface area contributed by atoms with Gasteiger partial charge in [-0.25, -0.2) is 0 Å². The molecule has 12 heavy (non-hydrogen) atoms. The summed E-state index contributed by atoms with van der Waals surface area (Å²) in [7, 11) is 0. The van der Waals surface area contributed by atoms with Crippen molar-refractivity contribution in [2.24, 2.45) is 0 Å². The Morgan fingerprint density at radius 2 is 2.25 bits per heavy atom. The minimum absolute atomic E-state index is 0.0348. The zero-order valence-corrected chi connectivity index (χ0v) is 6.66. The van der Waals surface area contributed by atoms with Gasteiger partial charge in [0.25, 0.3) is 0 Å². The maximum absolute atomic E-state index is 11.2. The van der Waals surface area contributed by atoms with Crippen LogP contribution in [0, 0.1) is 6.92 Å². The van der Waals surface area contributed by atoms with Gasteiger partial charge in [-0.2, -0.15) is 5.10 Å². The van der Waals surface area contributed by atoms with E-state index in [1.165, 1.54) is 6.20 Å². The topological polar surface area (TPSA) is 45.8 Å². The van der Waals surface area contributed by atoms with Crippen molar-refractivity contribution in [2.75, 3.05) is 0 Å². The Labute approximate surface area is 69.0 Å². The molecule has 3 nitrogen and oxygen atoms in total. The van der Waals surface area contributed by atoms with Gasteiger partial charge < -0.3 is 0 Å². The van der Waals surface area contributed by atoms with Crippen LogP contribution in [0.25, 0.3) is 10.9 Å². The molecule has 1 aromatic carbocycles. The number of fused-ring (bicyclic) bond motifs is 1. The molecule has 2 aromatic rings. The maximum Gasteiger partial charge on any atom is 0.207 e. The molecule has 0 saturated heterocycles. The first kappa shape index (κ1) is 7.03. The molecule has 1 aromatic heterocycles. The van der Waals surface area contributed by atoms with Crippen LogP contribution in [0.4, 0.5) is 0 Å². The number of benzene rings is 1. The minimum atomic E-state index is -0.0348. The minimum Gasteiger partial charge on any atom is -0.287 e. The van der Waals surface area contributed by atoms with Gasteiger partial charge in [-0.05, 0) is 18.6 Å². The highest BCUT2D eigenvalue weighted by atomic mass is 16.1. The van der Waals surface area contributed by atoms with Gasteiger partial charge >= 0.3 is 0 Å². The summed E-state index contributed by atoms with van der Waals surface area (Å²) in [5.41, 5.74) is 1.83. The van der Waals surface area contributed by atoms with Crippen LogP contribution in [-0.4, -0.2) is 10.2 Å². The third-order valence-corrected chi connectivity index (χ3v) is 1.90. The lowest BCUT2D eigenvalue weighted by Gasteiger charge is -1.97. The molecule has 1 N–H and O–H groups in total. The van der Waals surface area contributed by atoms with E-state index in [4.69, 9.17) is 0 Å². The lowest BCUT2D eigenvalue weighted by molar-refractivity contribution is 1.06. The predicted molar refractivity (Wildman–Crippen MR) is 47.1 cm³/mol. The molecule has 0 fully saturated rings. The van der Waals surface area contributed by atoms with Gasteiger partial charge in [0.15, 0.2) is 0 Å². The van der Waals surface area contributed by atoms with E-state index in [0.717, 1.165) is 11.1 Å². The van der Waals surface area contributed by atoms with Crippen molar-refractivity contribution in [2.45, 2.75) is 6.92 Å². The first-order valence-corrected chi connectivity index (χ1v) is 3.72. The van der Waals surface area contributed by atoms with Crippen LogP contribution in [0.15, 0.2) is 29.2 Å². The van der Waals surface area contributed by atoms with Crippen LogP contribution >= 0.6 is 0 Å². The highest BCUT2D eigenvalue weighted by Crippen LogP contribution is 2.09. The van der Waals surface area contributed by atoms with E-state index in [9.17, 15) is 4.79 Å². The van der Waals surface area contributed by atoms with Crippen molar-refractivity contribution in [3.63, 3.8) is 0 Å². The van der Waals surface area contributed by atoms with E-state index in [0.29, 0.717) is 5.39 Å². The molecule has 0 spiro atoms. The molecule has 0 aliphatic carbocycles. The quantitative estimate of drug-likeness (QED) is 0.630. The van der Waals surface area contributed by atoms with Gasteiger partial charge in [0.05, 0.1) is 11.7 Å². The first-order valence-electron chi connectivity index (χ1n) is 3.72. The summed E-state index contributed by atoms with van der Waals surface area (Å²) in [6.07, 6.45) is 1.29. The lowest BCUT2D eigenvalue weighted by atomic mass is 10.1. The molecule has 3 heteroatoms. The number of rotatable bonds is 0. The smallest absolute Gasteiger partial charge is 0.207 e. The van der Waals surface area contributed by atoms with Crippen LogP contribution in [0.3, 0.4) is 0 Å². The number of nitrogens with zero attached hydrogens (tertiary/aromatic N) is 1. The number of aromatic nitrogens is 2. The first-order chi connectivity index (χ1) is 5.79. The third kappa shape index (κ3) is 0.906. The van der Waals surface area contributed by atoms with E-state index in [2.05, 4.69) is 10.2 Å². The fourth-order valence-electron chi connectivity index (χ4n) is 1.25. The van der Waals surface area contributed by atoms with Crippen LogP contribution < -0.4 is 5.43 Å². The normalized spacial score (nSPS) is 10.4. The Hall–Kier alpha value is -1.64. The molecular formula is C9H8N2O. The van der Waals surface area contributed by atoms with Crippen molar-refractivity contribution in [1.29, 1.82) is 0 Å². The van der Waals surface area contributed by atoms with Crippen molar-refractivity contribution in [3.05, 3.63) is 40.2 Å². The molecule has 0 amide bonds. The third-order valence-electron chi connectivity index (χ3n) is 1.90. The van der Waals surface area contributed by atoms with E-state index in [-0.39, 0.29) is 5.43 Å². The number of para-hydroxylation sites is 1.